The molecule has 1 aromatic rings. The van der Waals surface area contributed by atoms with Gasteiger partial charge in [-0.15, -0.1) is 0 Å². The summed E-state index contributed by atoms with van der Waals surface area (Å²) in [6, 6.07) is 2.48. The average Bonchev–Trinajstić information content (AvgIpc) is 2.40. The van der Waals surface area contributed by atoms with Crippen molar-refractivity contribution in [3.8, 4) is 0 Å². The lowest BCUT2D eigenvalue weighted by Crippen LogP contribution is -2.47. The van der Waals surface area contributed by atoms with Crippen LogP contribution in [0.1, 0.15) is 38.8 Å². The first-order valence-corrected chi connectivity index (χ1v) is 7.06. The summed E-state index contributed by atoms with van der Waals surface area (Å²) in [5.74, 6) is 1.65. The summed E-state index contributed by atoms with van der Waals surface area (Å²) in [4.78, 5) is 11.1. The maximum atomic E-state index is 6.15. The first kappa shape index (κ1) is 13.3. The van der Waals surface area contributed by atoms with Crippen molar-refractivity contribution in [3.63, 3.8) is 0 Å². The van der Waals surface area contributed by atoms with Gasteiger partial charge >= 0.3 is 0 Å². The van der Waals surface area contributed by atoms with E-state index in [2.05, 4.69) is 34.8 Å². The Balaban J connectivity index is 2.09. The molecule has 2 rings (SSSR count). The number of nitrogens with two attached hydrogens (primary N) is 1. The van der Waals surface area contributed by atoms with Crippen molar-refractivity contribution in [2.75, 3.05) is 18.0 Å². The van der Waals surface area contributed by atoms with E-state index in [1.54, 1.807) is 6.33 Å². The lowest BCUT2D eigenvalue weighted by molar-refractivity contribution is 0.346. The molecule has 2 unspecified atom stereocenters. The number of hydrogen-bond donors (Lipinski definition) is 1. The van der Waals surface area contributed by atoms with Crippen LogP contribution in [0.15, 0.2) is 12.4 Å². The zero-order chi connectivity index (χ0) is 13.0. The van der Waals surface area contributed by atoms with Crippen molar-refractivity contribution in [2.24, 2.45) is 11.7 Å². The Labute approximate surface area is 110 Å². The third-order valence-corrected chi connectivity index (χ3v) is 3.86. The Morgan fingerprint density at radius 2 is 2.22 bits per heavy atom. The van der Waals surface area contributed by atoms with Gasteiger partial charge in [-0.2, -0.15) is 0 Å². The number of anilines is 1. The number of aromatic nitrogens is 2. The molecule has 0 saturated carbocycles. The third-order valence-electron chi connectivity index (χ3n) is 3.86. The van der Waals surface area contributed by atoms with E-state index in [-0.39, 0.29) is 0 Å². The van der Waals surface area contributed by atoms with Gasteiger partial charge in [0.1, 0.15) is 12.1 Å². The van der Waals surface area contributed by atoms with Gasteiger partial charge in [-0.3, -0.25) is 0 Å². The molecule has 4 heteroatoms. The van der Waals surface area contributed by atoms with Crippen molar-refractivity contribution in [1.29, 1.82) is 0 Å². The molecule has 2 heterocycles. The van der Waals surface area contributed by atoms with E-state index in [1.807, 2.05) is 0 Å². The highest BCUT2D eigenvalue weighted by molar-refractivity contribution is 5.39. The Morgan fingerprint density at radius 3 is 2.94 bits per heavy atom. The zero-order valence-corrected chi connectivity index (χ0v) is 11.5. The standard InChI is InChI=1S/C14H24N4/c1-3-5-12-8-14(17-10-16-12)18-7-6-13(15)11(4-2)9-18/h8,10-11,13H,3-7,9,15H2,1-2H3. The van der Waals surface area contributed by atoms with Crippen LogP contribution >= 0.6 is 0 Å². The summed E-state index contributed by atoms with van der Waals surface area (Å²) in [5, 5.41) is 0. The predicted octanol–water partition coefficient (Wildman–Crippen LogP) is 1.99. The van der Waals surface area contributed by atoms with E-state index < -0.39 is 0 Å². The minimum atomic E-state index is 0.350. The predicted molar refractivity (Wildman–Crippen MR) is 74.6 cm³/mol. The van der Waals surface area contributed by atoms with Crippen LogP contribution in [0.25, 0.3) is 0 Å². The fourth-order valence-electron chi connectivity index (χ4n) is 2.64. The first-order chi connectivity index (χ1) is 8.74. The summed E-state index contributed by atoms with van der Waals surface area (Å²) >= 11 is 0. The van der Waals surface area contributed by atoms with E-state index in [1.165, 1.54) is 0 Å². The molecule has 18 heavy (non-hydrogen) atoms. The smallest absolute Gasteiger partial charge is 0.132 e. The quantitative estimate of drug-likeness (QED) is 0.885. The van der Waals surface area contributed by atoms with Gasteiger partial charge in [0.25, 0.3) is 0 Å². The Kier molecular flexibility index (Phi) is 4.53. The molecule has 1 saturated heterocycles. The van der Waals surface area contributed by atoms with Crippen molar-refractivity contribution >= 4 is 5.82 Å². The topological polar surface area (TPSA) is 55.0 Å². The van der Waals surface area contributed by atoms with Crippen molar-refractivity contribution in [1.82, 2.24) is 9.97 Å². The molecule has 0 radical (unpaired) electrons. The minimum absolute atomic E-state index is 0.350. The highest BCUT2D eigenvalue weighted by Crippen LogP contribution is 2.23. The summed E-state index contributed by atoms with van der Waals surface area (Å²) in [6.45, 7) is 6.44. The molecule has 1 aliphatic rings. The molecule has 1 aliphatic heterocycles. The van der Waals surface area contributed by atoms with Crippen LogP contribution in [0.5, 0.6) is 0 Å². The molecule has 0 aliphatic carbocycles. The van der Waals surface area contributed by atoms with Gasteiger partial charge in [0.15, 0.2) is 0 Å². The lowest BCUT2D eigenvalue weighted by Gasteiger charge is -2.37. The van der Waals surface area contributed by atoms with Crippen LogP contribution in [0.4, 0.5) is 5.82 Å². The average molecular weight is 248 g/mol. The zero-order valence-electron chi connectivity index (χ0n) is 11.5. The van der Waals surface area contributed by atoms with Crippen molar-refractivity contribution in [3.05, 3.63) is 18.1 Å². The molecule has 2 atom stereocenters. The number of rotatable bonds is 4. The third kappa shape index (κ3) is 2.99. The number of piperidine rings is 1. The van der Waals surface area contributed by atoms with Crippen LogP contribution in [0.2, 0.25) is 0 Å². The molecule has 0 amide bonds. The van der Waals surface area contributed by atoms with Gasteiger partial charge in [0.05, 0.1) is 0 Å². The van der Waals surface area contributed by atoms with Gasteiger partial charge in [0, 0.05) is 30.9 Å². The maximum Gasteiger partial charge on any atom is 0.132 e. The van der Waals surface area contributed by atoms with Crippen LogP contribution in [-0.2, 0) is 6.42 Å². The first-order valence-electron chi connectivity index (χ1n) is 7.06. The van der Waals surface area contributed by atoms with Crippen LogP contribution in [0.3, 0.4) is 0 Å². The monoisotopic (exact) mass is 248 g/mol. The highest BCUT2D eigenvalue weighted by atomic mass is 15.2. The van der Waals surface area contributed by atoms with Crippen molar-refractivity contribution < 1.29 is 0 Å². The molecule has 4 nitrogen and oxygen atoms in total. The van der Waals surface area contributed by atoms with E-state index in [0.29, 0.717) is 12.0 Å². The Morgan fingerprint density at radius 1 is 1.39 bits per heavy atom. The second-order valence-corrected chi connectivity index (χ2v) is 5.18. The number of hydrogen-bond acceptors (Lipinski definition) is 4. The molecular weight excluding hydrogens is 224 g/mol. The van der Waals surface area contributed by atoms with E-state index in [9.17, 15) is 0 Å². The summed E-state index contributed by atoms with van der Waals surface area (Å²) in [6.07, 6.45) is 6.05. The molecule has 2 N–H and O–H groups in total. The molecule has 0 spiro atoms. The molecule has 100 valence electrons. The van der Waals surface area contributed by atoms with Gasteiger partial charge in [-0.25, -0.2) is 9.97 Å². The molecule has 0 aromatic carbocycles. The summed E-state index contributed by atoms with van der Waals surface area (Å²) < 4.78 is 0. The van der Waals surface area contributed by atoms with E-state index in [0.717, 1.165) is 50.3 Å². The lowest BCUT2D eigenvalue weighted by atomic mass is 9.91. The Bertz CT molecular complexity index is 380. The van der Waals surface area contributed by atoms with Crippen LogP contribution in [-0.4, -0.2) is 29.1 Å². The van der Waals surface area contributed by atoms with Gasteiger partial charge < -0.3 is 10.6 Å². The SMILES string of the molecule is CCCc1cc(N2CCC(N)C(CC)C2)ncn1. The molecule has 1 aromatic heterocycles. The van der Waals surface area contributed by atoms with Crippen molar-refractivity contribution in [2.45, 2.75) is 45.6 Å². The van der Waals surface area contributed by atoms with E-state index in [4.69, 9.17) is 5.73 Å². The van der Waals surface area contributed by atoms with Gasteiger partial charge in [-0.1, -0.05) is 26.7 Å². The van der Waals surface area contributed by atoms with Gasteiger partial charge in [-0.05, 0) is 18.8 Å². The molecule has 0 bridgehead atoms. The normalized spacial score (nSPS) is 24.3. The fourth-order valence-corrected chi connectivity index (χ4v) is 2.64. The maximum absolute atomic E-state index is 6.15. The largest absolute Gasteiger partial charge is 0.356 e. The van der Waals surface area contributed by atoms with Gasteiger partial charge in [0.2, 0.25) is 0 Å². The highest BCUT2D eigenvalue weighted by Gasteiger charge is 2.26. The summed E-state index contributed by atoms with van der Waals surface area (Å²) in [5.41, 5.74) is 7.29. The Hall–Kier alpha value is -1.16. The second kappa shape index (κ2) is 6.14. The van der Waals surface area contributed by atoms with E-state index >= 15 is 0 Å². The number of nitrogens with zero attached hydrogens (tertiary/aromatic N) is 3. The minimum Gasteiger partial charge on any atom is -0.356 e. The fraction of sp³-hybridized carbons (Fsp3) is 0.714. The molecule has 1 fully saturated rings. The number of aryl methyl sites for hydroxylation is 1. The molecular formula is C14H24N4. The van der Waals surface area contributed by atoms with Crippen LogP contribution < -0.4 is 10.6 Å². The second-order valence-electron chi connectivity index (χ2n) is 5.18. The summed E-state index contributed by atoms with van der Waals surface area (Å²) in [7, 11) is 0. The van der Waals surface area contributed by atoms with Crippen LogP contribution in [0, 0.1) is 5.92 Å².